The van der Waals surface area contributed by atoms with Gasteiger partial charge in [0, 0.05) is 29.4 Å². The van der Waals surface area contributed by atoms with E-state index >= 15 is 0 Å². The molecule has 5 aromatic rings. The molecule has 0 saturated heterocycles. The second-order valence-corrected chi connectivity index (χ2v) is 10.4. The van der Waals surface area contributed by atoms with Crippen molar-refractivity contribution in [3.8, 4) is 5.75 Å². The first-order valence-electron chi connectivity index (χ1n) is 10.6. The van der Waals surface area contributed by atoms with Gasteiger partial charge in [0.15, 0.2) is 10.6 Å². The van der Waals surface area contributed by atoms with E-state index in [0.717, 1.165) is 11.3 Å². The molecule has 0 aliphatic heterocycles. The molecule has 37 heavy (non-hydrogen) atoms. The number of carbonyl (C=O) groups is 1. The molecule has 5 rings (SSSR count). The van der Waals surface area contributed by atoms with Gasteiger partial charge in [-0.2, -0.15) is 0 Å². The first-order chi connectivity index (χ1) is 17.7. The molecule has 0 saturated carbocycles. The molecule has 0 spiro atoms. The molecule has 13 heteroatoms. The van der Waals surface area contributed by atoms with Crippen LogP contribution in [-0.2, 0) is 10.0 Å². The number of aromatic nitrogens is 1. The molecule has 0 aliphatic carbocycles. The highest BCUT2D eigenvalue weighted by atomic mass is 32.2. The number of carbonyl (C=O) groups excluding carboxylic acids is 1. The van der Waals surface area contributed by atoms with E-state index in [4.69, 9.17) is 13.6 Å². The molecule has 0 fully saturated rings. The van der Waals surface area contributed by atoms with Gasteiger partial charge in [0.1, 0.15) is 33.6 Å². The largest absolute Gasteiger partial charge is 0.495 e. The van der Waals surface area contributed by atoms with Crippen LogP contribution in [-0.4, -0.2) is 26.4 Å². The van der Waals surface area contributed by atoms with E-state index in [9.17, 15) is 22.8 Å². The Bertz CT molecular complexity index is 1890. The fourth-order valence-corrected chi connectivity index (χ4v) is 5.50. The summed E-state index contributed by atoms with van der Waals surface area (Å²) < 4.78 is 43.7. The lowest BCUT2D eigenvalue weighted by atomic mass is 10.1. The van der Waals surface area contributed by atoms with Gasteiger partial charge in [0.05, 0.1) is 17.4 Å². The molecule has 0 unspecified atom stereocenters. The van der Waals surface area contributed by atoms with Crippen LogP contribution in [0, 0.1) is 6.92 Å². The minimum atomic E-state index is -3.87. The van der Waals surface area contributed by atoms with Gasteiger partial charge in [-0.05, 0) is 37.3 Å². The van der Waals surface area contributed by atoms with E-state index in [2.05, 4.69) is 15.0 Å². The number of hydrogen-bond acceptors (Lipinski definition) is 10. The lowest BCUT2D eigenvalue weighted by Gasteiger charge is -2.10. The highest BCUT2D eigenvalue weighted by Crippen LogP contribution is 2.33. The first-order valence-corrected chi connectivity index (χ1v) is 13.0. The Morgan fingerprint density at radius 1 is 1.05 bits per heavy atom. The Morgan fingerprint density at radius 3 is 2.49 bits per heavy atom. The van der Waals surface area contributed by atoms with E-state index in [-0.39, 0.29) is 54.4 Å². The molecule has 3 aromatic heterocycles. The fourth-order valence-electron chi connectivity index (χ4n) is 3.71. The Morgan fingerprint density at radius 2 is 1.81 bits per heavy atom. The first kappa shape index (κ1) is 24.2. The van der Waals surface area contributed by atoms with Gasteiger partial charge in [-0.3, -0.25) is 14.3 Å². The van der Waals surface area contributed by atoms with E-state index in [0.29, 0.717) is 5.76 Å². The Balaban J connectivity index is 1.47. The summed E-state index contributed by atoms with van der Waals surface area (Å²) in [6, 6.07) is 9.31. The highest BCUT2D eigenvalue weighted by molar-refractivity contribution is 7.93. The van der Waals surface area contributed by atoms with Gasteiger partial charge in [0.25, 0.3) is 15.9 Å². The van der Waals surface area contributed by atoms with Crippen LogP contribution in [0.4, 0.5) is 10.8 Å². The number of benzene rings is 2. The Kier molecular flexibility index (Phi) is 6.01. The van der Waals surface area contributed by atoms with Crippen molar-refractivity contribution in [2.75, 3.05) is 17.1 Å². The predicted molar refractivity (Wildman–Crippen MR) is 137 cm³/mol. The molecule has 11 nitrogen and oxygen atoms in total. The number of hydrogen-bond donors (Lipinski definition) is 2. The van der Waals surface area contributed by atoms with Crippen molar-refractivity contribution < 1.29 is 26.8 Å². The Hall–Kier alpha value is -4.49. The fraction of sp³-hybridized carbons (Fsp3) is 0.0833. The van der Waals surface area contributed by atoms with Gasteiger partial charge >= 0.3 is 5.63 Å². The maximum atomic E-state index is 12.9. The van der Waals surface area contributed by atoms with E-state index < -0.39 is 21.6 Å². The van der Waals surface area contributed by atoms with Crippen LogP contribution < -0.4 is 25.8 Å². The molecular weight excluding hydrogens is 522 g/mol. The topological polar surface area (TPSA) is 158 Å². The van der Waals surface area contributed by atoms with Crippen LogP contribution in [0.25, 0.3) is 21.9 Å². The number of nitrogens with zero attached hydrogens (tertiary/aromatic N) is 1. The molecule has 188 valence electrons. The Labute approximate surface area is 212 Å². The number of thiazole rings is 1. The van der Waals surface area contributed by atoms with Crippen molar-refractivity contribution >= 4 is 60.0 Å². The summed E-state index contributed by atoms with van der Waals surface area (Å²) in [5.41, 5.74) is -1.14. The van der Waals surface area contributed by atoms with Gasteiger partial charge in [-0.25, -0.2) is 18.2 Å². The van der Waals surface area contributed by atoms with Crippen LogP contribution in [0.2, 0.25) is 0 Å². The zero-order chi connectivity index (χ0) is 26.3. The zero-order valence-corrected chi connectivity index (χ0v) is 20.9. The lowest BCUT2D eigenvalue weighted by molar-refractivity contribution is 0.102. The van der Waals surface area contributed by atoms with Crippen LogP contribution in [0.3, 0.4) is 0 Å². The van der Waals surface area contributed by atoms with Crippen LogP contribution in [0.1, 0.15) is 16.1 Å². The third-order valence-electron chi connectivity index (χ3n) is 5.33. The number of aryl methyl sites for hydroxylation is 1. The number of sulfonamides is 1. The molecular formula is C24H17N3O8S2. The lowest BCUT2D eigenvalue weighted by Crippen LogP contribution is -2.21. The average Bonchev–Trinajstić information content (AvgIpc) is 3.34. The van der Waals surface area contributed by atoms with E-state index in [1.165, 1.54) is 55.8 Å². The smallest absolute Gasteiger partial charge is 0.349 e. The van der Waals surface area contributed by atoms with Gasteiger partial charge in [-0.15, -0.1) is 11.3 Å². The number of nitrogens with one attached hydrogen (secondary N) is 2. The van der Waals surface area contributed by atoms with E-state index in [1.807, 2.05) is 0 Å². The molecule has 0 aliphatic rings. The molecule has 0 bridgehead atoms. The summed E-state index contributed by atoms with van der Waals surface area (Å²) in [6.07, 6.45) is 1.47. The quantitative estimate of drug-likeness (QED) is 0.242. The summed E-state index contributed by atoms with van der Waals surface area (Å²) >= 11 is 1.13. The average molecular weight is 540 g/mol. The number of methoxy groups -OCH3 is 1. The SMILES string of the molecule is COc1c2cc(C(=O)Nc3ccc(S(=O)(=O)Nc4nccs4)cc3)c(=O)oc2cc2oc(C)cc(=O)c12. The van der Waals surface area contributed by atoms with Gasteiger partial charge in [0.2, 0.25) is 0 Å². The summed E-state index contributed by atoms with van der Waals surface area (Å²) in [5, 5.41) is 4.76. The van der Waals surface area contributed by atoms with Crippen molar-refractivity contribution in [1.29, 1.82) is 0 Å². The third kappa shape index (κ3) is 4.57. The van der Waals surface area contributed by atoms with Crippen molar-refractivity contribution in [1.82, 2.24) is 4.98 Å². The van der Waals surface area contributed by atoms with E-state index in [1.54, 1.807) is 12.3 Å². The maximum absolute atomic E-state index is 12.9. The third-order valence-corrected chi connectivity index (χ3v) is 7.51. The molecule has 1 amide bonds. The molecule has 2 aromatic carbocycles. The number of ether oxygens (including phenoxy) is 1. The minimum Gasteiger partial charge on any atom is -0.495 e. The van der Waals surface area contributed by atoms with Crippen LogP contribution >= 0.6 is 11.3 Å². The van der Waals surface area contributed by atoms with Crippen molar-refractivity contribution in [3.63, 3.8) is 0 Å². The van der Waals surface area contributed by atoms with Crippen LogP contribution in [0.5, 0.6) is 5.75 Å². The predicted octanol–water partition coefficient (Wildman–Crippen LogP) is 3.73. The second-order valence-electron chi connectivity index (χ2n) is 7.78. The molecule has 2 N–H and O–H groups in total. The number of anilines is 2. The van der Waals surface area contributed by atoms with Gasteiger partial charge < -0.3 is 18.9 Å². The van der Waals surface area contributed by atoms with Crippen molar-refractivity contribution in [2.24, 2.45) is 0 Å². The summed E-state index contributed by atoms with van der Waals surface area (Å²) in [4.78, 5) is 42.0. The normalized spacial score (nSPS) is 11.5. The number of rotatable bonds is 6. The molecule has 0 radical (unpaired) electrons. The zero-order valence-electron chi connectivity index (χ0n) is 19.2. The van der Waals surface area contributed by atoms with Crippen molar-refractivity contribution in [2.45, 2.75) is 11.8 Å². The monoisotopic (exact) mass is 539 g/mol. The summed E-state index contributed by atoms with van der Waals surface area (Å²) in [7, 11) is -2.53. The summed E-state index contributed by atoms with van der Waals surface area (Å²) in [5.74, 6) is -0.332. The molecule has 0 atom stereocenters. The minimum absolute atomic E-state index is 0.0448. The standard InChI is InChI=1S/C24H17N3O8S2/c1-12-9-17(28)20-19(34-12)11-18-15(21(20)33-2)10-16(23(30)35-18)22(29)26-13-3-5-14(6-4-13)37(31,32)27-24-25-7-8-36-24/h3-11H,1-2H3,(H,25,27)(H,26,29). The maximum Gasteiger partial charge on any atom is 0.349 e. The van der Waals surface area contributed by atoms with Crippen LogP contribution in [0.15, 0.2) is 77.4 Å². The number of fused-ring (bicyclic) bond motifs is 2. The highest BCUT2D eigenvalue weighted by Gasteiger charge is 2.21. The number of amides is 1. The summed E-state index contributed by atoms with van der Waals surface area (Å²) in [6.45, 7) is 1.61. The second kappa shape index (κ2) is 9.19. The molecule has 3 heterocycles. The van der Waals surface area contributed by atoms with Crippen molar-refractivity contribution in [3.05, 3.63) is 86.0 Å². The van der Waals surface area contributed by atoms with Gasteiger partial charge in [-0.1, -0.05) is 0 Å².